The van der Waals surface area contributed by atoms with E-state index in [1.807, 2.05) is 0 Å². The van der Waals surface area contributed by atoms with Crippen molar-refractivity contribution in [1.82, 2.24) is 10.6 Å². The van der Waals surface area contributed by atoms with Crippen LogP contribution in [0.1, 0.15) is 12.8 Å². The molecule has 64 valence electrons. The number of hydrogen-bond donors (Lipinski definition) is 2. The lowest BCUT2D eigenvalue weighted by atomic mass is 9.93. The zero-order chi connectivity index (χ0) is 7.95. The van der Waals surface area contributed by atoms with Crippen LogP contribution < -0.4 is 10.6 Å². The number of halogens is 2. The third kappa shape index (κ3) is 0.891. The molecule has 1 atom stereocenters. The lowest BCUT2D eigenvalue weighted by Gasteiger charge is -2.29. The summed E-state index contributed by atoms with van der Waals surface area (Å²) in [5, 5.41) is 5.88. The summed E-state index contributed by atoms with van der Waals surface area (Å²) in [7, 11) is 0. The van der Waals surface area contributed by atoms with Gasteiger partial charge in [0.1, 0.15) is 0 Å². The SMILES string of the molecule is FC1(F)CCNC12CCNC2. The highest BCUT2D eigenvalue weighted by molar-refractivity contribution is 5.09. The Balaban J connectivity index is 2.22. The van der Waals surface area contributed by atoms with E-state index in [0.29, 0.717) is 26.1 Å². The molecule has 0 radical (unpaired) electrons. The van der Waals surface area contributed by atoms with Gasteiger partial charge in [-0.1, -0.05) is 0 Å². The van der Waals surface area contributed by atoms with Gasteiger partial charge in [0.05, 0.1) is 5.54 Å². The van der Waals surface area contributed by atoms with Gasteiger partial charge in [0, 0.05) is 19.5 Å². The van der Waals surface area contributed by atoms with Gasteiger partial charge in [-0.05, 0) is 13.0 Å². The van der Waals surface area contributed by atoms with Gasteiger partial charge in [-0.25, -0.2) is 8.78 Å². The van der Waals surface area contributed by atoms with E-state index < -0.39 is 11.5 Å². The molecule has 1 spiro atoms. The Hall–Kier alpha value is -0.220. The fraction of sp³-hybridized carbons (Fsp3) is 1.00. The van der Waals surface area contributed by atoms with Crippen molar-refractivity contribution in [1.29, 1.82) is 0 Å². The second-order valence-electron chi connectivity index (χ2n) is 3.39. The molecule has 0 amide bonds. The Morgan fingerprint density at radius 1 is 1.09 bits per heavy atom. The van der Waals surface area contributed by atoms with Crippen molar-refractivity contribution in [2.45, 2.75) is 24.3 Å². The highest BCUT2D eigenvalue weighted by atomic mass is 19.3. The number of rotatable bonds is 0. The topological polar surface area (TPSA) is 24.1 Å². The van der Waals surface area contributed by atoms with Crippen LogP contribution in [0.4, 0.5) is 8.78 Å². The van der Waals surface area contributed by atoms with Crippen LogP contribution in [0.5, 0.6) is 0 Å². The van der Waals surface area contributed by atoms with Crippen LogP contribution >= 0.6 is 0 Å². The first kappa shape index (κ1) is 7.43. The summed E-state index contributed by atoms with van der Waals surface area (Å²) in [4.78, 5) is 0. The van der Waals surface area contributed by atoms with E-state index in [4.69, 9.17) is 0 Å². The van der Waals surface area contributed by atoms with E-state index >= 15 is 0 Å². The monoisotopic (exact) mass is 162 g/mol. The Labute approximate surface area is 64.3 Å². The number of hydrogen-bond acceptors (Lipinski definition) is 2. The van der Waals surface area contributed by atoms with Gasteiger partial charge in [-0.3, -0.25) is 0 Å². The van der Waals surface area contributed by atoms with Crippen molar-refractivity contribution < 1.29 is 8.78 Å². The maximum atomic E-state index is 13.2. The van der Waals surface area contributed by atoms with Gasteiger partial charge in [-0.2, -0.15) is 0 Å². The van der Waals surface area contributed by atoms with Crippen molar-refractivity contribution in [2.24, 2.45) is 0 Å². The normalized spacial score (nSPS) is 42.0. The van der Waals surface area contributed by atoms with Crippen LogP contribution in [-0.4, -0.2) is 31.1 Å². The van der Waals surface area contributed by atoms with Gasteiger partial charge in [-0.15, -0.1) is 0 Å². The molecule has 2 aliphatic rings. The Kier molecular flexibility index (Phi) is 1.44. The van der Waals surface area contributed by atoms with Crippen molar-refractivity contribution in [2.75, 3.05) is 19.6 Å². The molecule has 0 saturated carbocycles. The van der Waals surface area contributed by atoms with Gasteiger partial charge in [0.2, 0.25) is 0 Å². The van der Waals surface area contributed by atoms with Gasteiger partial charge in [0.15, 0.2) is 0 Å². The maximum absolute atomic E-state index is 13.2. The fourth-order valence-electron chi connectivity index (χ4n) is 1.98. The quantitative estimate of drug-likeness (QED) is 0.537. The number of alkyl halides is 2. The molecule has 2 fully saturated rings. The van der Waals surface area contributed by atoms with Crippen LogP contribution in [0.25, 0.3) is 0 Å². The van der Waals surface area contributed by atoms with Crippen molar-refractivity contribution in [3.63, 3.8) is 0 Å². The molecule has 0 aromatic carbocycles. The molecule has 0 bridgehead atoms. The summed E-state index contributed by atoms with van der Waals surface area (Å²) < 4.78 is 26.4. The first-order chi connectivity index (χ1) is 5.16. The molecule has 2 aliphatic heterocycles. The zero-order valence-corrected chi connectivity index (χ0v) is 6.29. The minimum absolute atomic E-state index is 0.00528. The van der Waals surface area contributed by atoms with Crippen molar-refractivity contribution in [3.05, 3.63) is 0 Å². The third-order valence-corrected chi connectivity index (χ3v) is 2.76. The molecule has 2 N–H and O–H groups in total. The van der Waals surface area contributed by atoms with Crippen molar-refractivity contribution in [3.8, 4) is 0 Å². The maximum Gasteiger partial charge on any atom is 0.268 e. The van der Waals surface area contributed by atoms with E-state index in [0.717, 1.165) is 0 Å². The molecule has 2 saturated heterocycles. The highest BCUT2D eigenvalue weighted by Gasteiger charge is 2.57. The first-order valence-electron chi connectivity index (χ1n) is 4.00. The summed E-state index contributed by atoms with van der Waals surface area (Å²) in [6, 6.07) is 0. The summed E-state index contributed by atoms with van der Waals surface area (Å²) in [5.41, 5.74) is -0.910. The lowest BCUT2D eigenvalue weighted by Crippen LogP contribution is -2.53. The molecule has 0 aromatic heterocycles. The van der Waals surface area contributed by atoms with E-state index in [-0.39, 0.29) is 6.42 Å². The molecule has 0 aliphatic carbocycles. The third-order valence-electron chi connectivity index (χ3n) is 2.76. The lowest BCUT2D eigenvalue weighted by molar-refractivity contribution is -0.0523. The van der Waals surface area contributed by atoms with Crippen LogP contribution in [0.15, 0.2) is 0 Å². The molecule has 11 heavy (non-hydrogen) atoms. The second kappa shape index (κ2) is 2.14. The van der Waals surface area contributed by atoms with Gasteiger partial charge in [0.25, 0.3) is 5.92 Å². The predicted molar refractivity (Wildman–Crippen MR) is 37.8 cm³/mol. The van der Waals surface area contributed by atoms with Crippen LogP contribution in [0.2, 0.25) is 0 Å². The fourth-order valence-corrected chi connectivity index (χ4v) is 1.98. The van der Waals surface area contributed by atoms with E-state index in [2.05, 4.69) is 10.6 Å². The molecule has 2 heterocycles. The van der Waals surface area contributed by atoms with E-state index in [9.17, 15) is 8.78 Å². The summed E-state index contributed by atoms with van der Waals surface area (Å²) in [5.74, 6) is -2.50. The molecular formula is C7H12F2N2. The average Bonchev–Trinajstić information content (AvgIpc) is 2.45. The largest absolute Gasteiger partial charge is 0.315 e. The second-order valence-corrected chi connectivity index (χ2v) is 3.39. The standard InChI is InChI=1S/C7H12F2N2/c8-7(9)2-4-11-6(7)1-3-10-5-6/h10-11H,1-5H2. The van der Waals surface area contributed by atoms with Gasteiger partial charge < -0.3 is 10.6 Å². The summed E-state index contributed by atoms with van der Waals surface area (Å²) in [6.45, 7) is 1.58. The molecular weight excluding hydrogens is 150 g/mol. The minimum atomic E-state index is -2.50. The van der Waals surface area contributed by atoms with E-state index in [1.165, 1.54) is 0 Å². The molecule has 2 nitrogen and oxygen atoms in total. The highest BCUT2D eigenvalue weighted by Crippen LogP contribution is 2.40. The average molecular weight is 162 g/mol. The molecule has 2 rings (SSSR count). The smallest absolute Gasteiger partial charge is 0.268 e. The Morgan fingerprint density at radius 2 is 1.91 bits per heavy atom. The minimum Gasteiger partial charge on any atom is -0.315 e. The Morgan fingerprint density at radius 3 is 2.36 bits per heavy atom. The molecule has 1 unspecified atom stereocenters. The first-order valence-corrected chi connectivity index (χ1v) is 4.00. The van der Waals surface area contributed by atoms with Crippen molar-refractivity contribution >= 4 is 0 Å². The predicted octanol–water partition coefficient (Wildman–Crippen LogP) is 0.347. The van der Waals surface area contributed by atoms with Crippen LogP contribution in [0, 0.1) is 0 Å². The Bertz CT molecular complexity index is 158. The summed E-state index contributed by atoms with van der Waals surface area (Å²) >= 11 is 0. The van der Waals surface area contributed by atoms with Gasteiger partial charge >= 0.3 is 0 Å². The zero-order valence-electron chi connectivity index (χ0n) is 6.29. The van der Waals surface area contributed by atoms with Crippen LogP contribution in [-0.2, 0) is 0 Å². The number of nitrogens with one attached hydrogen (secondary N) is 2. The van der Waals surface area contributed by atoms with E-state index in [1.54, 1.807) is 0 Å². The summed E-state index contributed by atoms with van der Waals surface area (Å²) in [6.07, 6.45) is 0.550. The van der Waals surface area contributed by atoms with Crippen LogP contribution in [0.3, 0.4) is 0 Å². The molecule has 4 heteroatoms. The molecule has 0 aromatic rings.